The van der Waals surface area contributed by atoms with E-state index < -0.39 is 0 Å². The second kappa shape index (κ2) is 13.3. The van der Waals surface area contributed by atoms with Crippen molar-refractivity contribution < 1.29 is 6.22 Å². The van der Waals surface area contributed by atoms with E-state index in [-0.39, 0.29) is 19.5 Å². The highest BCUT2D eigenvalue weighted by molar-refractivity contribution is 5.99. The van der Waals surface area contributed by atoms with Gasteiger partial charge in [0, 0.05) is 30.1 Å². The fraction of sp³-hybridized carbons (Fsp3) is 0.250. The number of rotatable bonds is 6. The minimum atomic E-state index is -0.0566. The summed E-state index contributed by atoms with van der Waals surface area (Å²) in [6, 6.07) is 31.7. The molecule has 4 N–H and O–H groups in total. The Morgan fingerprint density at radius 1 is 0.850 bits per heavy atom. The van der Waals surface area contributed by atoms with Crippen molar-refractivity contribution in [1.82, 2.24) is 16.0 Å². The summed E-state index contributed by atoms with van der Waals surface area (Å²) in [6.45, 7) is 15.3. The quantitative estimate of drug-likeness (QED) is 0.227. The zero-order valence-electron chi connectivity index (χ0n) is 25.0. The summed E-state index contributed by atoms with van der Waals surface area (Å²) in [5, 5.41) is 4.28. The summed E-state index contributed by atoms with van der Waals surface area (Å²) in [5.74, 6) is -0.0495. The number of amides is 1. The second-order valence-corrected chi connectivity index (χ2v) is 10.1. The van der Waals surface area contributed by atoms with Crippen LogP contribution in [-0.4, -0.2) is 10.5 Å². The normalized spacial score (nSPS) is 11.3. The smallest absolute Gasteiger partial charge is 0.251 e. The molecule has 0 fully saturated rings. The maximum Gasteiger partial charge on any atom is 0.251 e. The molecule has 0 bridgehead atoms. The van der Waals surface area contributed by atoms with Gasteiger partial charge in [0.2, 0.25) is 0 Å². The van der Waals surface area contributed by atoms with E-state index in [2.05, 4.69) is 116 Å². The van der Waals surface area contributed by atoms with Crippen molar-refractivity contribution >= 4 is 16.8 Å². The van der Waals surface area contributed by atoms with Crippen LogP contribution in [-0.2, 0) is 6.54 Å². The zero-order valence-corrected chi connectivity index (χ0v) is 25.0. The molecule has 0 unspecified atom stereocenters. The highest BCUT2D eigenvalue weighted by atomic mass is 16.1. The van der Waals surface area contributed by atoms with Crippen LogP contribution in [0.1, 0.15) is 72.1 Å². The Labute approximate surface area is 241 Å². The van der Waals surface area contributed by atoms with Gasteiger partial charge in [-0.3, -0.25) is 4.79 Å². The first-order valence-corrected chi connectivity index (χ1v) is 13.9. The first kappa shape index (κ1) is 30.4. The minimum absolute atomic E-state index is 0. The molecule has 5 rings (SSSR count). The molecule has 1 aromatic heterocycles. The monoisotopic (exact) mass is 535 g/mol. The van der Waals surface area contributed by atoms with Crippen LogP contribution in [0.3, 0.4) is 0 Å². The summed E-state index contributed by atoms with van der Waals surface area (Å²) >= 11 is 0. The molecule has 1 amide bonds. The number of nitrogens with one attached hydrogen (secondary N) is 1. The summed E-state index contributed by atoms with van der Waals surface area (Å²) in [7, 11) is 0. The highest BCUT2D eigenvalue weighted by Crippen LogP contribution is 2.29. The average Bonchev–Trinajstić information content (AvgIpc) is 3.19. The number of carbonyl (C=O) groups excluding carboxylic acids is 1. The first-order valence-electron chi connectivity index (χ1n) is 13.9. The molecule has 0 aliphatic rings. The molecule has 0 aliphatic carbocycles. The number of nitrogens with zero attached hydrogens (tertiary/aromatic N) is 1. The van der Waals surface area contributed by atoms with Gasteiger partial charge in [0.15, 0.2) is 0 Å². The fourth-order valence-electron chi connectivity index (χ4n) is 5.08. The van der Waals surface area contributed by atoms with Crippen molar-refractivity contribution in [3.05, 3.63) is 130 Å². The first-order chi connectivity index (χ1) is 18.8. The maximum absolute atomic E-state index is 13.1. The summed E-state index contributed by atoms with van der Waals surface area (Å²) in [5.41, 5.74) is 11.7. The molecule has 0 saturated heterocycles. The van der Waals surface area contributed by atoms with Crippen molar-refractivity contribution in [2.45, 2.75) is 61.1 Å². The lowest BCUT2D eigenvalue weighted by Gasteiger charge is -2.15. The van der Waals surface area contributed by atoms with E-state index in [9.17, 15) is 4.79 Å². The maximum atomic E-state index is 13.1. The van der Waals surface area contributed by atoms with Crippen LogP contribution >= 0.6 is 0 Å². The summed E-state index contributed by atoms with van der Waals surface area (Å²) < 4.78 is 2.35. The molecule has 4 aromatic carbocycles. The lowest BCUT2D eigenvalue weighted by atomic mass is 9.99. The van der Waals surface area contributed by atoms with E-state index in [1.165, 1.54) is 39.1 Å². The van der Waals surface area contributed by atoms with E-state index in [1.54, 1.807) is 0 Å². The molecule has 40 heavy (non-hydrogen) atoms. The van der Waals surface area contributed by atoms with Gasteiger partial charge in [-0.15, -0.1) is 0 Å². The average molecular weight is 536 g/mol. The SMILES string of the molecule is CC.Cc1ccc([C@H](C)NC(=O)c2ccc3c(c2)c(C)c(C)n3Cc2ccc(-c3ccccc3C)cc2)cc1.N.[HH]. The van der Waals surface area contributed by atoms with Crippen molar-refractivity contribution in [2.75, 3.05) is 0 Å². The van der Waals surface area contributed by atoms with Crippen LogP contribution < -0.4 is 11.5 Å². The van der Waals surface area contributed by atoms with Crippen LogP contribution in [0.15, 0.2) is 91.0 Å². The number of hydrogen-bond donors (Lipinski definition) is 2. The van der Waals surface area contributed by atoms with E-state index in [0.29, 0.717) is 5.56 Å². The van der Waals surface area contributed by atoms with E-state index >= 15 is 0 Å². The van der Waals surface area contributed by atoms with Crippen molar-refractivity contribution in [3.63, 3.8) is 0 Å². The molecule has 210 valence electrons. The molecule has 5 aromatic rings. The van der Waals surface area contributed by atoms with Crippen LogP contribution in [0.4, 0.5) is 0 Å². The number of aryl methyl sites for hydroxylation is 3. The predicted molar refractivity (Wildman–Crippen MR) is 173 cm³/mol. The molecule has 0 radical (unpaired) electrons. The molecule has 4 heteroatoms. The van der Waals surface area contributed by atoms with Crippen LogP contribution in [0.25, 0.3) is 22.0 Å². The highest BCUT2D eigenvalue weighted by Gasteiger charge is 2.16. The molecule has 0 saturated carbocycles. The predicted octanol–water partition coefficient (Wildman–Crippen LogP) is 9.52. The number of carbonyl (C=O) groups is 1. The Kier molecular flexibility index (Phi) is 10.1. The molecule has 0 aliphatic heterocycles. The third-order valence-corrected chi connectivity index (χ3v) is 7.58. The van der Waals surface area contributed by atoms with Crippen molar-refractivity contribution in [3.8, 4) is 11.1 Å². The zero-order chi connectivity index (χ0) is 28.1. The van der Waals surface area contributed by atoms with Gasteiger partial charge in [0.05, 0.1) is 6.04 Å². The summed E-state index contributed by atoms with van der Waals surface area (Å²) in [6.07, 6.45) is 0. The summed E-state index contributed by atoms with van der Waals surface area (Å²) in [4.78, 5) is 13.1. The van der Waals surface area contributed by atoms with Gasteiger partial charge in [-0.05, 0) is 86.2 Å². The second-order valence-electron chi connectivity index (χ2n) is 10.1. The Morgan fingerprint density at radius 3 is 2.15 bits per heavy atom. The van der Waals surface area contributed by atoms with Crippen LogP contribution in [0.2, 0.25) is 0 Å². The van der Waals surface area contributed by atoms with Gasteiger partial charge in [-0.1, -0.05) is 92.2 Å². The standard InChI is InChI=1S/C34H34N2O.C2H6.H3N.H2/c1-22-10-14-28(15-11-22)25(4)35-34(37)30-18-19-33-32(20-30)24(3)26(5)36(33)21-27-12-16-29(17-13-27)31-9-7-6-8-23(31)2;1-2;;/h6-20,25H,21H2,1-5H3,(H,35,37);1-2H3;1H3;1H/t25-;;;/m0.../s1. The largest absolute Gasteiger partial charge is 0.346 e. The van der Waals surface area contributed by atoms with Crippen molar-refractivity contribution in [2.24, 2.45) is 0 Å². The number of benzene rings is 4. The molecule has 1 heterocycles. The van der Waals surface area contributed by atoms with Gasteiger partial charge in [0.1, 0.15) is 0 Å². The third kappa shape index (κ3) is 6.35. The molecular formula is C36H45N3O. The Balaban J connectivity index is 0.00000144. The third-order valence-electron chi connectivity index (χ3n) is 7.58. The van der Waals surface area contributed by atoms with Gasteiger partial charge >= 0.3 is 0 Å². The lowest BCUT2D eigenvalue weighted by Crippen LogP contribution is -2.26. The molecule has 4 nitrogen and oxygen atoms in total. The van der Waals surface area contributed by atoms with Crippen LogP contribution in [0, 0.1) is 27.7 Å². The van der Waals surface area contributed by atoms with Gasteiger partial charge in [-0.25, -0.2) is 0 Å². The van der Waals surface area contributed by atoms with Gasteiger partial charge in [-0.2, -0.15) is 0 Å². The molecular weight excluding hydrogens is 490 g/mol. The van der Waals surface area contributed by atoms with Crippen molar-refractivity contribution in [1.29, 1.82) is 0 Å². The number of hydrogen-bond acceptors (Lipinski definition) is 2. The minimum Gasteiger partial charge on any atom is -0.346 e. The van der Waals surface area contributed by atoms with Crippen LogP contribution in [0.5, 0.6) is 0 Å². The van der Waals surface area contributed by atoms with E-state index in [1.807, 2.05) is 32.9 Å². The van der Waals surface area contributed by atoms with E-state index in [0.717, 1.165) is 23.0 Å². The number of aromatic nitrogens is 1. The van der Waals surface area contributed by atoms with E-state index in [4.69, 9.17) is 0 Å². The lowest BCUT2D eigenvalue weighted by molar-refractivity contribution is 0.0940. The molecule has 0 spiro atoms. The van der Waals surface area contributed by atoms with Gasteiger partial charge in [0.25, 0.3) is 5.91 Å². The Bertz CT molecular complexity index is 1580. The Hall–Kier alpha value is -4.15. The Morgan fingerprint density at radius 2 is 1.50 bits per heavy atom. The van der Waals surface area contributed by atoms with Gasteiger partial charge < -0.3 is 16.0 Å². The fourth-order valence-corrected chi connectivity index (χ4v) is 5.08. The molecule has 1 atom stereocenters. The number of fused-ring (bicyclic) bond motifs is 1. The topological polar surface area (TPSA) is 69.0 Å².